The number of carboxylic acid groups (broad SMARTS) is 1. The molecule has 1 aromatic rings. The summed E-state index contributed by atoms with van der Waals surface area (Å²) in [5, 5.41) is 15.1. The summed E-state index contributed by atoms with van der Waals surface area (Å²) in [5.74, 6) is 1.30. The molecule has 19 heavy (non-hydrogen) atoms. The van der Waals surface area contributed by atoms with Gasteiger partial charge in [-0.1, -0.05) is 20.8 Å². The molecule has 1 atom stereocenters. The van der Waals surface area contributed by atoms with E-state index in [0.29, 0.717) is 24.1 Å². The Hall–Kier alpha value is -1.85. The van der Waals surface area contributed by atoms with Gasteiger partial charge in [0.1, 0.15) is 17.5 Å². The molecule has 0 amide bonds. The van der Waals surface area contributed by atoms with E-state index in [1.165, 1.54) is 0 Å². The van der Waals surface area contributed by atoms with Crippen LogP contribution < -0.4 is 10.6 Å². The third kappa shape index (κ3) is 5.54. The minimum Gasteiger partial charge on any atom is -0.481 e. The molecule has 6 heteroatoms. The maximum Gasteiger partial charge on any atom is 0.308 e. The summed E-state index contributed by atoms with van der Waals surface area (Å²) in [6.07, 6.45) is 0. The first kappa shape index (κ1) is 15.2. The fraction of sp³-hybridized carbons (Fsp3) is 0.615. The highest BCUT2D eigenvalue weighted by atomic mass is 16.4. The van der Waals surface area contributed by atoms with Crippen molar-refractivity contribution in [2.45, 2.75) is 27.7 Å². The summed E-state index contributed by atoms with van der Waals surface area (Å²) >= 11 is 0. The highest BCUT2D eigenvalue weighted by Gasteiger charge is 2.11. The molecule has 6 nitrogen and oxygen atoms in total. The molecule has 0 aromatic carbocycles. The molecular formula is C13H22N4O2. The molecule has 1 unspecified atom stereocenters. The number of hydrogen-bond acceptors (Lipinski definition) is 5. The molecular weight excluding hydrogens is 244 g/mol. The third-order valence-corrected chi connectivity index (χ3v) is 2.54. The second kappa shape index (κ2) is 6.92. The molecule has 0 fully saturated rings. The van der Waals surface area contributed by atoms with Gasteiger partial charge in [0.2, 0.25) is 0 Å². The van der Waals surface area contributed by atoms with Crippen molar-refractivity contribution in [3.63, 3.8) is 0 Å². The molecule has 106 valence electrons. The van der Waals surface area contributed by atoms with Crippen LogP contribution >= 0.6 is 0 Å². The third-order valence-electron chi connectivity index (χ3n) is 2.54. The Balaban J connectivity index is 2.65. The van der Waals surface area contributed by atoms with Crippen molar-refractivity contribution >= 4 is 17.6 Å². The fourth-order valence-electron chi connectivity index (χ4n) is 1.40. The first-order chi connectivity index (χ1) is 8.88. The Morgan fingerprint density at radius 1 is 1.21 bits per heavy atom. The van der Waals surface area contributed by atoms with Crippen molar-refractivity contribution in [2.75, 3.05) is 23.7 Å². The van der Waals surface area contributed by atoms with E-state index in [1.54, 1.807) is 13.0 Å². The first-order valence-electron chi connectivity index (χ1n) is 6.44. The number of nitrogens with one attached hydrogen (secondary N) is 2. The van der Waals surface area contributed by atoms with E-state index in [2.05, 4.69) is 34.4 Å². The minimum atomic E-state index is -0.823. The van der Waals surface area contributed by atoms with E-state index in [1.807, 2.05) is 6.92 Å². The van der Waals surface area contributed by atoms with Crippen LogP contribution in [0.1, 0.15) is 26.6 Å². The predicted molar refractivity (Wildman–Crippen MR) is 75.4 cm³/mol. The predicted octanol–water partition coefficient (Wildman–Crippen LogP) is 1.99. The van der Waals surface area contributed by atoms with Gasteiger partial charge < -0.3 is 15.7 Å². The van der Waals surface area contributed by atoms with Crippen LogP contribution in [0.3, 0.4) is 0 Å². The monoisotopic (exact) mass is 266 g/mol. The minimum absolute atomic E-state index is 0.343. The molecule has 0 bridgehead atoms. The van der Waals surface area contributed by atoms with Gasteiger partial charge in [-0.25, -0.2) is 9.97 Å². The van der Waals surface area contributed by atoms with Gasteiger partial charge in [0.15, 0.2) is 0 Å². The molecule has 0 aliphatic carbocycles. The van der Waals surface area contributed by atoms with Crippen LogP contribution in [0.25, 0.3) is 0 Å². The topological polar surface area (TPSA) is 87.1 Å². The zero-order valence-electron chi connectivity index (χ0n) is 11.9. The summed E-state index contributed by atoms with van der Waals surface area (Å²) in [6, 6.07) is 1.80. The van der Waals surface area contributed by atoms with Crippen molar-refractivity contribution < 1.29 is 9.90 Å². The van der Waals surface area contributed by atoms with Crippen LogP contribution in [-0.4, -0.2) is 34.1 Å². The normalized spacial score (nSPS) is 12.3. The van der Waals surface area contributed by atoms with Gasteiger partial charge in [-0.15, -0.1) is 0 Å². The van der Waals surface area contributed by atoms with Gasteiger partial charge in [0.25, 0.3) is 0 Å². The highest BCUT2D eigenvalue weighted by molar-refractivity contribution is 5.70. The molecule has 0 spiro atoms. The van der Waals surface area contributed by atoms with Crippen molar-refractivity contribution in [1.82, 2.24) is 9.97 Å². The quantitative estimate of drug-likeness (QED) is 0.699. The van der Waals surface area contributed by atoms with E-state index in [9.17, 15) is 4.79 Å². The van der Waals surface area contributed by atoms with Crippen LogP contribution in [0.5, 0.6) is 0 Å². The molecule has 0 aliphatic heterocycles. The Morgan fingerprint density at radius 3 is 2.21 bits per heavy atom. The Labute approximate surface area is 113 Å². The molecule has 3 N–H and O–H groups in total. The van der Waals surface area contributed by atoms with Gasteiger partial charge in [-0.3, -0.25) is 4.79 Å². The van der Waals surface area contributed by atoms with Crippen LogP contribution in [0, 0.1) is 18.8 Å². The summed E-state index contributed by atoms with van der Waals surface area (Å²) in [6.45, 7) is 8.88. The number of carboxylic acids is 1. The van der Waals surface area contributed by atoms with E-state index >= 15 is 0 Å². The van der Waals surface area contributed by atoms with Gasteiger partial charge in [0, 0.05) is 19.2 Å². The average molecular weight is 266 g/mol. The second-order valence-electron chi connectivity index (χ2n) is 5.08. The SMILES string of the molecule is Cc1nc(NCC(C)C)cc(NCC(C)C(=O)O)n1. The number of nitrogens with zero attached hydrogens (tertiary/aromatic N) is 2. The van der Waals surface area contributed by atoms with E-state index in [4.69, 9.17) is 5.11 Å². The number of aromatic nitrogens is 2. The van der Waals surface area contributed by atoms with Gasteiger partial charge >= 0.3 is 5.97 Å². The number of aryl methyl sites for hydroxylation is 1. The van der Waals surface area contributed by atoms with Gasteiger partial charge in [-0.05, 0) is 12.8 Å². The van der Waals surface area contributed by atoms with E-state index < -0.39 is 11.9 Å². The maximum atomic E-state index is 10.7. The lowest BCUT2D eigenvalue weighted by Gasteiger charge is -2.12. The zero-order valence-corrected chi connectivity index (χ0v) is 11.9. The Bertz CT molecular complexity index is 435. The second-order valence-corrected chi connectivity index (χ2v) is 5.08. The average Bonchev–Trinajstić information content (AvgIpc) is 2.32. The molecule has 1 aromatic heterocycles. The van der Waals surface area contributed by atoms with Gasteiger partial charge in [0.05, 0.1) is 5.92 Å². The number of anilines is 2. The highest BCUT2D eigenvalue weighted by Crippen LogP contribution is 2.12. The van der Waals surface area contributed by atoms with Crippen LogP contribution in [0.15, 0.2) is 6.07 Å². The number of hydrogen-bond donors (Lipinski definition) is 3. The largest absolute Gasteiger partial charge is 0.481 e. The summed E-state index contributed by atoms with van der Waals surface area (Å²) < 4.78 is 0. The zero-order chi connectivity index (χ0) is 14.4. The van der Waals surface area contributed by atoms with Crippen molar-refractivity contribution in [1.29, 1.82) is 0 Å². The standard InChI is InChI=1S/C13H22N4O2/c1-8(2)6-14-11-5-12(17-10(4)16-11)15-7-9(3)13(18)19/h5,8-9H,6-7H2,1-4H3,(H,18,19)(H2,14,15,16,17). The molecule has 0 saturated heterocycles. The van der Waals surface area contributed by atoms with Crippen molar-refractivity contribution in [3.8, 4) is 0 Å². The molecule has 0 radical (unpaired) electrons. The summed E-state index contributed by atoms with van der Waals surface area (Å²) in [5.41, 5.74) is 0. The lowest BCUT2D eigenvalue weighted by atomic mass is 10.2. The smallest absolute Gasteiger partial charge is 0.308 e. The Morgan fingerprint density at radius 2 is 1.74 bits per heavy atom. The fourth-order valence-corrected chi connectivity index (χ4v) is 1.40. The summed E-state index contributed by atoms with van der Waals surface area (Å²) in [4.78, 5) is 19.3. The lowest BCUT2D eigenvalue weighted by molar-refractivity contribution is -0.140. The van der Waals surface area contributed by atoms with E-state index in [0.717, 1.165) is 12.4 Å². The first-order valence-corrected chi connectivity index (χ1v) is 6.44. The molecule has 1 rings (SSSR count). The lowest BCUT2D eigenvalue weighted by Crippen LogP contribution is -2.20. The number of rotatable bonds is 7. The van der Waals surface area contributed by atoms with Crippen LogP contribution in [0.4, 0.5) is 11.6 Å². The van der Waals surface area contributed by atoms with E-state index in [-0.39, 0.29) is 0 Å². The molecule has 0 saturated carbocycles. The van der Waals surface area contributed by atoms with Crippen molar-refractivity contribution in [2.24, 2.45) is 11.8 Å². The van der Waals surface area contributed by atoms with Crippen LogP contribution in [-0.2, 0) is 4.79 Å². The number of aliphatic carboxylic acids is 1. The molecule has 1 heterocycles. The Kier molecular flexibility index (Phi) is 5.54. The molecule has 0 aliphatic rings. The number of carbonyl (C=O) groups is 1. The van der Waals surface area contributed by atoms with Crippen LogP contribution in [0.2, 0.25) is 0 Å². The maximum absolute atomic E-state index is 10.7. The van der Waals surface area contributed by atoms with Crippen molar-refractivity contribution in [3.05, 3.63) is 11.9 Å². The summed E-state index contributed by atoms with van der Waals surface area (Å²) in [7, 11) is 0. The van der Waals surface area contributed by atoms with Gasteiger partial charge in [-0.2, -0.15) is 0 Å².